The van der Waals surface area contributed by atoms with Crippen molar-refractivity contribution in [2.75, 3.05) is 6.54 Å². The first kappa shape index (κ1) is 10.9. The van der Waals surface area contributed by atoms with Crippen LogP contribution in [0.5, 0.6) is 0 Å². The van der Waals surface area contributed by atoms with Crippen molar-refractivity contribution in [2.24, 2.45) is 0 Å². The van der Waals surface area contributed by atoms with Crippen molar-refractivity contribution in [1.29, 1.82) is 0 Å². The Bertz CT molecular complexity index is 386. The van der Waals surface area contributed by atoms with E-state index in [9.17, 15) is 0 Å². The Morgan fingerprint density at radius 1 is 1.19 bits per heavy atom. The average molecular weight is 217 g/mol. The summed E-state index contributed by atoms with van der Waals surface area (Å²) in [4.78, 5) is 5.33. The van der Waals surface area contributed by atoms with E-state index in [2.05, 4.69) is 10.6 Å². The van der Waals surface area contributed by atoms with Crippen LogP contribution in [0, 0.1) is 0 Å². The first-order chi connectivity index (χ1) is 7.95. The van der Waals surface area contributed by atoms with Gasteiger partial charge in [-0.3, -0.25) is 9.52 Å². The smallest absolute Gasteiger partial charge is 0.0933 e. The minimum Gasteiger partial charge on any atom is -0.297 e. The molecule has 0 spiro atoms. The molecule has 2 aromatic rings. The minimum atomic E-state index is 0.583. The Kier molecular flexibility index (Phi) is 4.10. The van der Waals surface area contributed by atoms with E-state index in [1.807, 2.05) is 47.3 Å². The molecule has 0 aliphatic heterocycles. The van der Waals surface area contributed by atoms with Gasteiger partial charge in [-0.15, -0.1) is 0 Å². The molecule has 4 nitrogen and oxygen atoms in total. The molecule has 0 atom stereocenters. The van der Waals surface area contributed by atoms with Gasteiger partial charge < -0.3 is 0 Å². The summed E-state index contributed by atoms with van der Waals surface area (Å²) in [5.41, 5.74) is 4.07. The second-order valence-corrected chi connectivity index (χ2v) is 3.44. The molecule has 0 saturated heterocycles. The molecule has 1 N–H and O–H groups in total. The van der Waals surface area contributed by atoms with Crippen LogP contribution in [0.4, 0.5) is 0 Å². The summed E-state index contributed by atoms with van der Waals surface area (Å²) in [7, 11) is 0. The maximum Gasteiger partial charge on any atom is 0.0933 e. The van der Waals surface area contributed by atoms with E-state index in [1.54, 1.807) is 6.20 Å². The number of hydrogen-bond donors (Lipinski definition) is 1. The Morgan fingerprint density at radius 3 is 2.81 bits per heavy atom. The van der Waals surface area contributed by atoms with Gasteiger partial charge in [-0.1, -0.05) is 30.3 Å². The molecule has 1 aromatic heterocycles. The highest BCUT2D eigenvalue weighted by molar-refractivity contribution is 5.13. The van der Waals surface area contributed by atoms with Crippen molar-refractivity contribution in [1.82, 2.24) is 15.3 Å². The van der Waals surface area contributed by atoms with Crippen LogP contribution >= 0.6 is 0 Å². The minimum absolute atomic E-state index is 0.583. The molecule has 0 bridgehead atoms. The fraction of sp³-hybridized carbons (Fsp3) is 0.250. The standard InChI is InChI=1S/C12H15N3O/c1-2-5-12(6-3-1)11-16-14-8-10-15-9-4-7-13-15/h1-7,9,14H,8,10-11H2. The highest BCUT2D eigenvalue weighted by Crippen LogP contribution is 1.98. The van der Waals surface area contributed by atoms with Crippen molar-refractivity contribution < 1.29 is 4.84 Å². The number of aromatic nitrogens is 2. The fourth-order valence-electron chi connectivity index (χ4n) is 1.37. The summed E-state index contributed by atoms with van der Waals surface area (Å²) < 4.78 is 1.86. The lowest BCUT2D eigenvalue weighted by atomic mass is 10.2. The number of nitrogens with zero attached hydrogens (tertiary/aromatic N) is 2. The summed E-state index contributed by atoms with van der Waals surface area (Å²) in [5.74, 6) is 0. The molecule has 1 aromatic carbocycles. The molecule has 4 heteroatoms. The molecule has 0 aliphatic carbocycles. The quantitative estimate of drug-likeness (QED) is 0.590. The number of hydroxylamine groups is 1. The van der Waals surface area contributed by atoms with Gasteiger partial charge in [0.05, 0.1) is 13.2 Å². The van der Waals surface area contributed by atoms with E-state index in [1.165, 1.54) is 0 Å². The summed E-state index contributed by atoms with van der Waals surface area (Å²) in [6, 6.07) is 12.0. The Morgan fingerprint density at radius 2 is 2.06 bits per heavy atom. The largest absolute Gasteiger partial charge is 0.297 e. The van der Waals surface area contributed by atoms with Gasteiger partial charge in [0.1, 0.15) is 0 Å². The topological polar surface area (TPSA) is 39.1 Å². The van der Waals surface area contributed by atoms with Gasteiger partial charge in [0.25, 0.3) is 0 Å². The number of rotatable bonds is 6. The maximum atomic E-state index is 5.33. The molecule has 1 heterocycles. The molecular weight excluding hydrogens is 202 g/mol. The molecule has 0 fully saturated rings. The van der Waals surface area contributed by atoms with E-state index in [-0.39, 0.29) is 0 Å². The number of hydrogen-bond acceptors (Lipinski definition) is 3. The van der Waals surface area contributed by atoms with Crippen LogP contribution in [-0.2, 0) is 18.0 Å². The van der Waals surface area contributed by atoms with Crippen molar-refractivity contribution >= 4 is 0 Å². The Hall–Kier alpha value is -1.65. The van der Waals surface area contributed by atoms with Crippen LogP contribution in [0.3, 0.4) is 0 Å². The van der Waals surface area contributed by atoms with Gasteiger partial charge >= 0.3 is 0 Å². The Balaban J connectivity index is 1.59. The van der Waals surface area contributed by atoms with E-state index < -0.39 is 0 Å². The van der Waals surface area contributed by atoms with E-state index >= 15 is 0 Å². The van der Waals surface area contributed by atoms with Crippen LogP contribution < -0.4 is 5.48 Å². The summed E-state index contributed by atoms with van der Waals surface area (Å²) in [5, 5.41) is 4.09. The van der Waals surface area contributed by atoms with Crippen molar-refractivity contribution in [3.63, 3.8) is 0 Å². The van der Waals surface area contributed by atoms with Gasteiger partial charge in [-0.25, -0.2) is 5.48 Å². The summed E-state index contributed by atoms with van der Waals surface area (Å²) >= 11 is 0. The third kappa shape index (κ3) is 3.49. The van der Waals surface area contributed by atoms with Crippen LogP contribution in [-0.4, -0.2) is 16.3 Å². The molecule has 16 heavy (non-hydrogen) atoms. The first-order valence-corrected chi connectivity index (χ1v) is 5.31. The SMILES string of the molecule is c1ccc(CONCCn2cccn2)cc1. The monoisotopic (exact) mass is 217 g/mol. The van der Waals surface area contributed by atoms with Crippen LogP contribution in [0.1, 0.15) is 5.56 Å². The molecular formula is C12H15N3O. The highest BCUT2D eigenvalue weighted by atomic mass is 16.6. The molecule has 0 aliphatic rings. The van der Waals surface area contributed by atoms with E-state index in [4.69, 9.17) is 4.84 Å². The molecule has 2 rings (SSSR count). The molecule has 84 valence electrons. The van der Waals surface area contributed by atoms with Gasteiger partial charge in [-0.05, 0) is 11.6 Å². The lowest BCUT2D eigenvalue weighted by Crippen LogP contribution is -2.20. The lowest BCUT2D eigenvalue weighted by Gasteiger charge is -2.05. The predicted octanol–water partition coefficient (Wildman–Crippen LogP) is 1.60. The van der Waals surface area contributed by atoms with E-state index in [0.717, 1.165) is 18.7 Å². The zero-order valence-electron chi connectivity index (χ0n) is 9.04. The first-order valence-electron chi connectivity index (χ1n) is 5.31. The third-order valence-corrected chi connectivity index (χ3v) is 2.19. The van der Waals surface area contributed by atoms with Crippen LogP contribution in [0.25, 0.3) is 0 Å². The normalized spacial score (nSPS) is 10.5. The fourth-order valence-corrected chi connectivity index (χ4v) is 1.37. The van der Waals surface area contributed by atoms with Crippen molar-refractivity contribution in [3.8, 4) is 0 Å². The van der Waals surface area contributed by atoms with Gasteiger partial charge in [-0.2, -0.15) is 5.10 Å². The van der Waals surface area contributed by atoms with E-state index in [0.29, 0.717) is 6.61 Å². The molecule has 0 saturated carbocycles. The lowest BCUT2D eigenvalue weighted by molar-refractivity contribution is 0.0258. The Labute approximate surface area is 94.8 Å². The molecule has 0 unspecified atom stereocenters. The van der Waals surface area contributed by atoms with Gasteiger partial charge in [0.15, 0.2) is 0 Å². The van der Waals surface area contributed by atoms with Crippen molar-refractivity contribution in [3.05, 3.63) is 54.4 Å². The zero-order chi connectivity index (χ0) is 11.1. The number of nitrogens with one attached hydrogen (secondary N) is 1. The summed E-state index contributed by atoms with van der Waals surface area (Å²) in [6.45, 7) is 2.14. The zero-order valence-corrected chi connectivity index (χ0v) is 9.04. The summed E-state index contributed by atoms with van der Waals surface area (Å²) in [6.07, 6.45) is 3.70. The predicted molar refractivity (Wildman–Crippen MR) is 61.5 cm³/mol. The highest BCUT2D eigenvalue weighted by Gasteiger charge is 1.92. The molecule has 0 amide bonds. The molecule has 0 radical (unpaired) electrons. The van der Waals surface area contributed by atoms with Crippen LogP contribution in [0.2, 0.25) is 0 Å². The average Bonchev–Trinajstić information content (AvgIpc) is 2.83. The van der Waals surface area contributed by atoms with Gasteiger partial charge in [0.2, 0.25) is 0 Å². The third-order valence-electron chi connectivity index (χ3n) is 2.19. The maximum absolute atomic E-state index is 5.33. The second-order valence-electron chi connectivity index (χ2n) is 3.44. The van der Waals surface area contributed by atoms with Crippen molar-refractivity contribution in [2.45, 2.75) is 13.2 Å². The van der Waals surface area contributed by atoms with Crippen LogP contribution in [0.15, 0.2) is 48.8 Å². The van der Waals surface area contributed by atoms with Gasteiger partial charge in [0, 0.05) is 18.9 Å². The second kappa shape index (κ2) is 6.05. The number of benzene rings is 1.